The molecule has 0 saturated carbocycles. The van der Waals surface area contributed by atoms with E-state index in [-0.39, 0.29) is 48.0 Å². The van der Waals surface area contributed by atoms with Crippen LogP contribution in [0.15, 0.2) is 24.3 Å². The molecule has 1 N–H and O–H groups in total. The Morgan fingerprint density at radius 2 is 1.65 bits per heavy atom. The lowest BCUT2D eigenvalue weighted by Gasteiger charge is -2.43. The number of likely N-dealkylation sites (tertiary alicyclic amines) is 2. The molecule has 1 aromatic carbocycles. The molecule has 0 radical (unpaired) electrons. The minimum Gasteiger partial charge on any atom is -0.366 e. The van der Waals surface area contributed by atoms with Crippen molar-refractivity contribution < 1.29 is 32.3 Å². The number of hydrogen-bond donors (Lipinski definition) is 1. The summed E-state index contributed by atoms with van der Waals surface area (Å²) in [6, 6.07) is 3.93. The van der Waals surface area contributed by atoms with Crippen LogP contribution in [-0.4, -0.2) is 72.5 Å². The fourth-order valence-electron chi connectivity index (χ4n) is 4.47. The van der Waals surface area contributed by atoms with Crippen molar-refractivity contribution >= 4 is 17.7 Å². The summed E-state index contributed by atoms with van der Waals surface area (Å²) in [5.41, 5.74) is -0.527. The smallest absolute Gasteiger partial charge is 0.366 e. The highest BCUT2D eigenvalue weighted by Crippen LogP contribution is 2.30. The van der Waals surface area contributed by atoms with Crippen LogP contribution in [0.4, 0.5) is 18.0 Å². The van der Waals surface area contributed by atoms with Gasteiger partial charge in [-0.1, -0.05) is 12.1 Å². The van der Waals surface area contributed by atoms with Crippen molar-refractivity contribution in [3.63, 3.8) is 0 Å². The second kappa shape index (κ2) is 8.49. The third-order valence-electron chi connectivity index (χ3n) is 6.23. The molecule has 10 heteroatoms. The van der Waals surface area contributed by atoms with Gasteiger partial charge in [0.15, 0.2) is 5.78 Å². The molecule has 31 heavy (non-hydrogen) atoms. The van der Waals surface area contributed by atoms with Crippen molar-refractivity contribution in [2.45, 2.75) is 37.6 Å². The van der Waals surface area contributed by atoms with E-state index in [1.807, 2.05) is 0 Å². The van der Waals surface area contributed by atoms with Crippen LogP contribution >= 0.6 is 0 Å². The van der Waals surface area contributed by atoms with Crippen molar-refractivity contribution in [1.82, 2.24) is 15.1 Å². The topological polar surface area (TPSA) is 79.0 Å². The van der Waals surface area contributed by atoms with E-state index in [1.54, 1.807) is 9.80 Å². The van der Waals surface area contributed by atoms with Gasteiger partial charge in [0, 0.05) is 37.7 Å². The number of urea groups is 1. The number of halogens is 3. The Morgan fingerprint density at radius 3 is 2.29 bits per heavy atom. The first kappa shape index (κ1) is 21.6. The Hall–Kier alpha value is -2.62. The van der Waals surface area contributed by atoms with Crippen molar-refractivity contribution in [1.29, 1.82) is 0 Å². The number of benzene rings is 1. The van der Waals surface area contributed by atoms with E-state index in [9.17, 15) is 27.6 Å². The fourth-order valence-corrected chi connectivity index (χ4v) is 4.47. The number of nitrogens with one attached hydrogen (secondary N) is 1. The summed E-state index contributed by atoms with van der Waals surface area (Å²) in [6.45, 7) is 1.79. The van der Waals surface area contributed by atoms with E-state index in [1.165, 1.54) is 12.1 Å². The molecule has 3 amide bonds. The van der Waals surface area contributed by atoms with Gasteiger partial charge in [0.2, 0.25) is 5.91 Å². The standard InChI is InChI=1S/C21H24F3N3O4/c22-21(23,24)15-3-1-13(2-4-15)19(29)14-5-8-26(9-6-14)20(30)27-10-7-17-16(11-27)25-18(28)12-31-17/h1-4,14,16-17H,5-12H2,(H,25,28)/t16-,17+/m1/s1. The van der Waals surface area contributed by atoms with Crippen LogP contribution in [0.25, 0.3) is 0 Å². The minimum atomic E-state index is -4.44. The summed E-state index contributed by atoms with van der Waals surface area (Å²) in [5, 5.41) is 2.87. The summed E-state index contributed by atoms with van der Waals surface area (Å²) in [7, 11) is 0. The number of nitrogens with zero attached hydrogens (tertiary/aromatic N) is 2. The number of carbonyl (C=O) groups is 3. The van der Waals surface area contributed by atoms with Crippen LogP contribution in [0.3, 0.4) is 0 Å². The number of piperidine rings is 2. The average Bonchev–Trinajstić information content (AvgIpc) is 2.77. The molecular formula is C21H24F3N3O4. The molecule has 3 fully saturated rings. The van der Waals surface area contributed by atoms with E-state index < -0.39 is 11.7 Å². The number of carbonyl (C=O) groups excluding carboxylic acids is 3. The molecule has 168 valence electrons. The van der Waals surface area contributed by atoms with Gasteiger partial charge in [-0.05, 0) is 31.4 Å². The number of fused-ring (bicyclic) bond motifs is 1. The van der Waals surface area contributed by atoms with Crippen LogP contribution in [0.1, 0.15) is 35.2 Å². The second-order valence-corrected chi connectivity index (χ2v) is 8.24. The zero-order chi connectivity index (χ0) is 22.2. The summed E-state index contributed by atoms with van der Waals surface area (Å²) in [4.78, 5) is 40.5. The number of rotatable bonds is 2. The monoisotopic (exact) mass is 439 g/mol. The fraction of sp³-hybridized carbons (Fsp3) is 0.571. The Labute approximate surface area is 177 Å². The molecule has 3 aliphatic heterocycles. The maximum absolute atomic E-state index is 12.9. The number of amides is 3. The first-order valence-corrected chi connectivity index (χ1v) is 10.4. The average molecular weight is 439 g/mol. The molecular weight excluding hydrogens is 415 g/mol. The van der Waals surface area contributed by atoms with Gasteiger partial charge < -0.3 is 19.9 Å². The number of hydrogen-bond acceptors (Lipinski definition) is 4. The predicted octanol–water partition coefficient (Wildman–Crippen LogP) is 2.31. The zero-order valence-corrected chi connectivity index (χ0v) is 16.9. The van der Waals surface area contributed by atoms with Crippen LogP contribution in [0.5, 0.6) is 0 Å². The number of alkyl halides is 3. The molecule has 3 saturated heterocycles. The quantitative estimate of drug-likeness (QED) is 0.718. The molecule has 1 aromatic rings. The molecule has 0 spiro atoms. The number of ether oxygens (including phenoxy) is 1. The second-order valence-electron chi connectivity index (χ2n) is 8.24. The number of Topliss-reactive ketones (excluding diaryl/α,β-unsaturated/α-hetero) is 1. The maximum Gasteiger partial charge on any atom is 0.416 e. The molecule has 0 aromatic heterocycles. The van der Waals surface area contributed by atoms with Crippen LogP contribution in [0, 0.1) is 5.92 Å². The van der Waals surface area contributed by atoms with Gasteiger partial charge in [-0.3, -0.25) is 9.59 Å². The lowest BCUT2D eigenvalue weighted by atomic mass is 9.88. The molecule has 0 aliphatic carbocycles. The van der Waals surface area contributed by atoms with Gasteiger partial charge in [0.1, 0.15) is 6.61 Å². The van der Waals surface area contributed by atoms with Crippen molar-refractivity contribution in [2.75, 3.05) is 32.8 Å². The predicted molar refractivity (Wildman–Crippen MR) is 103 cm³/mol. The third-order valence-corrected chi connectivity index (χ3v) is 6.23. The van der Waals surface area contributed by atoms with Gasteiger partial charge in [-0.15, -0.1) is 0 Å². The van der Waals surface area contributed by atoms with Gasteiger partial charge >= 0.3 is 12.2 Å². The lowest BCUT2D eigenvalue weighted by molar-refractivity contribution is -0.140. The number of ketones is 1. The van der Waals surface area contributed by atoms with Crippen LogP contribution in [-0.2, 0) is 15.7 Å². The van der Waals surface area contributed by atoms with Gasteiger partial charge in [0.05, 0.1) is 17.7 Å². The Morgan fingerprint density at radius 1 is 1.00 bits per heavy atom. The molecule has 3 heterocycles. The van der Waals surface area contributed by atoms with E-state index in [0.717, 1.165) is 12.1 Å². The molecule has 0 unspecified atom stereocenters. The van der Waals surface area contributed by atoms with Crippen LogP contribution < -0.4 is 5.32 Å². The zero-order valence-electron chi connectivity index (χ0n) is 16.9. The summed E-state index contributed by atoms with van der Waals surface area (Å²) in [5.74, 6) is -0.695. The lowest BCUT2D eigenvalue weighted by Crippen LogP contribution is -2.62. The number of morpholine rings is 1. The third kappa shape index (κ3) is 4.68. The summed E-state index contributed by atoms with van der Waals surface area (Å²) in [6.07, 6.45) is -2.93. The van der Waals surface area contributed by atoms with Crippen LogP contribution in [0.2, 0.25) is 0 Å². The first-order chi connectivity index (χ1) is 14.7. The van der Waals surface area contributed by atoms with Crippen molar-refractivity contribution in [2.24, 2.45) is 5.92 Å². The van der Waals surface area contributed by atoms with E-state index in [2.05, 4.69) is 5.32 Å². The summed E-state index contributed by atoms with van der Waals surface area (Å²) >= 11 is 0. The highest BCUT2D eigenvalue weighted by molar-refractivity contribution is 5.98. The van der Waals surface area contributed by atoms with E-state index in [0.29, 0.717) is 45.4 Å². The largest absolute Gasteiger partial charge is 0.416 e. The van der Waals surface area contributed by atoms with Crippen molar-refractivity contribution in [3.8, 4) is 0 Å². The summed E-state index contributed by atoms with van der Waals surface area (Å²) < 4.78 is 43.6. The SMILES string of the molecule is O=C1CO[C@H]2CCN(C(=O)N3CCC(C(=O)c4ccc(C(F)(F)F)cc4)CC3)C[C@H]2N1. The van der Waals surface area contributed by atoms with E-state index >= 15 is 0 Å². The Bertz CT molecular complexity index is 850. The van der Waals surface area contributed by atoms with E-state index in [4.69, 9.17) is 4.74 Å². The highest BCUT2D eigenvalue weighted by atomic mass is 19.4. The molecule has 0 bridgehead atoms. The normalized spacial score (nSPS) is 25.1. The molecule has 4 rings (SSSR count). The first-order valence-electron chi connectivity index (χ1n) is 10.4. The van der Waals surface area contributed by atoms with Gasteiger partial charge in [-0.2, -0.15) is 13.2 Å². The molecule has 3 aliphatic rings. The maximum atomic E-state index is 12.9. The Balaban J connectivity index is 1.30. The van der Waals surface area contributed by atoms with Crippen molar-refractivity contribution in [3.05, 3.63) is 35.4 Å². The Kier molecular flexibility index (Phi) is 5.92. The molecule has 2 atom stereocenters. The van der Waals surface area contributed by atoms with Gasteiger partial charge in [0.25, 0.3) is 0 Å². The highest BCUT2D eigenvalue weighted by Gasteiger charge is 2.38. The molecule has 7 nitrogen and oxygen atoms in total. The minimum absolute atomic E-state index is 0.0512. The van der Waals surface area contributed by atoms with Gasteiger partial charge in [-0.25, -0.2) is 4.79 Å².